The Morgan fingerprint density at radius 3 is 2.75 bits per heavy atom. The first-order valence-corrected chi connectivity index (χ1v) is 8.26. The fourth-order valence-electron chi connectivity index (χ4n) is 2.81. The zero-order valence-electron chi connectivity index (χ0n) is 13.8. The van der Waals surface area contributed by atoms with Gasteiger partial charge in [0.05, 0.1) is 13.2 Å². The van der Waals surface area contributed by atoms with E-state index in [9.17, 15) is 4.79 Å². The number of oxazole rings is 1. The Kier molecular flexibility index (Phi) is 5.06. The third-order valence-corrected chi connectivity index (χ3v) is 4.19. The van der Waals surface area contributed by atoms with Crippen molar-refractivity contribution in [2.75, 3.05) is 31.2 Å². The van der Waals surface area contributed by atoms with Crippen molar-refractivity contribution in [3.63, 3.8) is 0 Å². The van der Waals surface area contributed by atoms with Gasteiger partial charge < -0.3 is 19.4 Å². The molecule has 7 heteroatoms. The maximum atomic E-state index is 12.3. The molecule has 3 rings (SSSR count). The number of ether oxygens (including phenoxy) is 1. The summed E-state index contributed by atoms with van der Waals surface area (Å²) >= 11 is 6.13. The van der Waals surface area contributed by atoms with Gasteiger partial charge in [0.25, 0.3) is 5.91 Å². The number of carbonyl (C=O) groups is 1. The minimum absolute atomic E-state index is 0.253. The Balaban J connectivity index is 1.75. The monoisotopic (exact) mass is 349 g/mol. The highest BCUT2D eigenvalue weighted by atomic mass is 35.5. The molecular weight excluding hydrogens is 330 g/mol. The van der Waals surface area contributed by atoms with Crippen molar-refractivity contribution in [3.05, 3.63) is 46.1 Å². The van der Waals surface area contributed by atoms with Gasteiger partial charge in [-0.3, -0.25) is 4.79 Å². The Morgan fingerprint density at radius 1 is 1.33 bits per heavy atom. The number of hydrogen-bond donors (Lipinski definition) is 1. The first-order valence-electron chi connectivity index (χ1n) is 7.88. The number of nitrogens with zero attached hydrogens (tertiary/aromatic N) is 2. The van der Waals surface area contributed by atoms with Gasteiger partial charge in [-0.25, -0.2) is 4.98 Å². The van der Waals surface area contributed by atoms with E-state index in [0.717, 1.165) is 24.3 Å². The molecule has 1 aromatic carbocycles. The molecule has 0 bridgehead atoms. The van der Waals surface area contributed by atoms with E-state index in [1.54, 1.807) is 13.8 Å². The lowest BCUT2D eigenvalue weighted by molar-refractivity contribution is 0.0944. The van der Waals surface area contributed by atoms with Crippen LogP contribution in [0.3, 0.4) is 0 Å². The van der Waals surface area contributed by atoms with Gasteiger partial charge in [-0.05, 0) is 30.7 Å². The molecule has 0 radical (unpaired) electrons. The van der Waals surface area contributed by atoms with Gasteiger partial charge in [0, 0.05) is 37.3 Å². The highest BCUT2D eigenvalue weighted by Crippen LogP contribution is 2.25. The summed E-state index contributed by atoms with van der Waals surface area (Å²) in [6.45, 7) is 6.87. The molecule has 6 nitrogen and oxygen atoms in total. The van der Waals surface area contributed by atoms with Crippen LogP contribution in [-0.4, -0.2) is 37.2 Å². The third kappa shape index (κ3) is 3.71. The van der Waals surface area contributed by atoms with Crippen LogP contribution in [-0.2, 0) is 11.3 Å². The van der Waals surface area contributed by atoms with Crippen LogP contribution in [0, 0.1) is 13.8 Å². The fourth-order valence-corrected chi connectivity index (χ4v) is 3.00. The van der Waals surface area contributed by atoms with E-state index < -0.39 is 0 Å². The van der Waals surface area contributed by atoms with Gasteiger partial charge in [0.1, 0.15) is 5.76 Å². The summed E-state index contributed by atoms with van der Waals surface area (Å²) in [5.74, 6) is 0.746. The first kappa shape index (κ1) is 16.8. The summed E-state index contributed by atoms with van der Waals surface area (Å²) in [5, 5.41) is 3.54. The number of anilines is 1. The van der Waals surface area contributed by atoms with Crippen LogP contribution in [0.25, 0.3) is 0 Å². The van der Waals surface area contributed by atoms with Crippen molar-refractivity contribution in [1.29, 1.82) is 0 Å². The van der Waals surface area contributed by atoms with E-state index in [0.29, 0.717) is 42.1 Å². The van der Waals surface area contributed by atoms with Crippen LogP contribution in [0.15, 0.2) is 22.6 Å². The molecule has 1 aliphatic heterocycles. The molecule has 128 valence electrons. The van der Waals surface area contributed by atoms with Gasteiger partial charge in [-0.1, -0.05) is 11.6 Å². The van der Waals surface area contributed by atoms with Gasteiger partial charge in [0.15, 0.2) is 11.6 Å². The number of rotatable bonds is 4. The number of carbonyl (C=O) groups excluding carboxylic acids is 1. The standard InChI is InChI=1S/C17H20ClN3O3/c1-11-16(20-12(2)24-11)17(22)19-10-13-9-14(18)3-4-15(13)21-5-7-23-8-6-21/h3-4,9H,5-8,10H2,1-2H3,(H,19,22). The average molecular weight is 350 g/mol. The number of aromatic nitrogens is 1. The zero-order chi connectivity index (χ0) is 17.1. The molecule has 1 aromatic heterocycles. The van der Waals surface area contributed by atoms with Crippen LogP contribution < -0.4 is 10.2 Å². The molecule has 1 amide bonds. The van der Waals surface area contributed by atoms with Crippen LogP contribution in [0.2, 0.25) is 5.02 Å². The Morgan fingerprint density at radius 2 is 2.08 bits per heavy atom. The minimum atomic E-state index is -0.253. The number of morpholine rings is 1. The highest BCUT2D eigenvalue weighted by Gasteiger charge is 2.18. The Bertz CT molecular complexity index is 739. The number of aryl methyl sites for hydroxylation is 2. The van der Waals surface area contributed by atoms with Crippen LogP contribution >= 0.6 is 11.6 Å². The molecule has 0 spiro atoms. The minimum Gasteiger partial charge on any atom is -0.445 e. The van der Waals surface area contributed by atoms with Gasteiger partial charge in [-0.2, -0.15) is 0 Å². The molecule has 1 N–H and O–H groups in total. The molecule has 2 heterocycles. The summed E-state index contributed by atoms with van der Waals surface area (Å²) < 4.78 is 10.7. The number of halogens is 1. The zero-order valence-corrected chi connectivity index (χ0v) is 14.5. The Labute approximate surface area is 145 Å². The summed E-state index contributed by atoms with van der Waals surface area (Å²) in [6, 6.07) is 5.73. The summed E-state index contributed by atoms with van der Waals surface area (Å²) in [5.41, 5.74) is 2.36. The first-order chi connectivity index (χ1) is 11.5. The van der Waals surface area contributed by atoms with Gasteiger partial charge in [0.2, 0.25) is 0 Å². The maximum Gasteiger partial charge on any atom is 0.273 e. The largest absolute Gasteiger partial charge is 0.445 e. The summed E-state index contributed by atoms with van der Waals surface area (Å²) in [4.78, 5) is 18.7. The predicted molar refractivity (Wildman–Crippen MR) is 91.6 cm³/mol. The molecule has 1 aliphatic rings. The van der Waals surface area contributed by atoms with Gasteiger partial charge in [-0.15, -0.1) is 0 Å². The van der Waals surface area contributed by atoms with Gasteiger partial charge >= 0.3 is 0 Å². The second-order valence-corrected chi connectivity index (χ2v) is 6.13. The van der Waals surface area contributed by atoms with Crippen LogP contribution in [0.4, 0.5) is 5.69 Å². The molecule has 0 saturated carbocycles. The van der Waals surface area contributed by atoms with Crippen molar-refractivity contribution in [1.82, 2.24) is 10.3 Å². The lowest BCUT2D eigenvalue weighted by atomic mass is 10.1. The number of amides is 1. The maximum absolute atomic E-state index is 12.3. The van der Waals surface area contributed by atoms with Crippen molar-refractivity contribution in [2.24, 2.45) is 0 Å². The van der Waals surface area contributed by atoms with Crippen molar-refractivity contribution in [3.8, 4) is 0 Å². The summed E-state index contributed by atoms with van der Waals surface area (Å²) in [7, 11) is 0. The molecule has 0 atom stereocenters. The van der Waals surface area contributed by atoms with Crippen molar-refractivity contribution >= 4 is 23.2 Å². The normalized spacial score (nSPS) is 14.7. The smallest absolute Gasteiger partial charge is 0.273 e. The molecule has 0 unspecified atom stereocenters. The summed E-state index contributed by atoms with van der Waals surface area (Å²) in [6.07, 6.45) is 0. The second-order valence-electron chi connectivity index (χ2n) is 5.69. The topological polar surface area (TPSA) is 67.6 Å². The van der Waals surface area contributed by atoms with E-state index in [1.807, 2.05) is 18.2 Å². The molecule has 0 aliphatic carbocycles. The molecule has 2 aromatic rings. The van der Waals surface area contributed by atoms with Crippen molar-refractivity contribution in [2.45, 2.75) is 20.4 Å². The lowest BCUT2D eigenvalue weighted by Gasteiger charge is -2.30. The molecule has 1 saturated heterocycles. The van der Waals surface area contributed by atoms with E-state index in [2.05, 4.69) is 15.2 Å². The predicted octanol–water partition coefficient (Wildman–Crippen LogP) is 2.71. The van der Waals surface area contributed by atoms with E-state index >= 15 is 0 Å². The third-order valence-electron chi connectivity index (χ3n) is 3.95. The van der Waals surface area contributed by atoms with E-state index in [4.69, 9.17) is 20.8 Å². The Hall–Kier alpha value is -2.05. The SMILES string of the molecule is Cc1nc(C(=O)NCc2cc(Cl)ccc2N2CCOCC2)c(C)o1. The molecule has 24 heavy (non-hydrogen) atoms. The highest BCUT2D eigenvalue weighted by molar-refractivity contribution is 6.30. The fraction of sp³-hybridized carbons (Fsp3) is 0.412. The number of benzene rings is 1. The van der Waals surface area contributed by atoms with E-state index in [-0.39, 0.29) is 5.91 Å². The van der Waals surface area contributed by atoms with E-state index in [1.165, 1.54) is 0 Å². The second kappa shape index (κ2) is 7.23. The lowest BCUT2D eigenvalue weighted by Crippen LogP contribution is -2.37. The van der Waals surface area contributed by atoms with Crippen LogP contribution in [0.1, 0.15) is 27.7 Å². The van der Waals surface area contributed by atoms with Crippen molar-refractivity contribution < 1.29 is 13.9 Å². The molecular formula is C17H20ClN3O3. The number of nitrogens with one attached hydrogen (secondary N) is 1. The average Bonchev–Trinajstić information content (AvgIpc) is 2.92. The molecule has 1 fully saturated rings. The number of hydrogen-bond acceptors (Lipinski definition) is 5. The van der Waals surface area contributed by atoms with Crippen LogP contribution in [0.5, 0.6) is 0 Å². The quantitative estimate of drug-likeness (QED) is 0.919.